The fourth-order valence-electron chi connectivity index (χ4n) is 4.02. The minimum absolute atomic E-state index is 0.678. The Hall–Kier alpha value is -1.28. The molecule has 0 amide bonds. The molecule has 1 heterocycles. The van der Waals surface area contributed by atoms with Gasteiger partial charge in [0.15, 0.2) is 5.75 Å². The van der Waals surface area contributed by atoms with Crippen LogP contribution in [0.15, 0.2) is 30.4 Å². The van der Waals surface area contributed by atoms with Gasteiger partial charge in [-0.2, -0.15) is 4.89 Å². The van der Waals surface area contributed by atoms with Crippen LogP contribution >= 0.6 is 0 Å². The Morgan fingerprint density at radius 3 is 2.14 bits per heavy atom. The van der Waals surface area contributed by atoms with E-state index < -0.39 is 0 Å². The normalized spacial score (nSPS) is 13.6. The van der Waals surface area contributed by atoms with Crippen LogP contribution in [0.4, 0.5) is 0 Å². The Morgan fingerprint density at radius 2 is 1.43 bits per heavy atom. The number of aryl methyl sites for hydroxylation is 1. The third-order valence-corrected chi connectivity index (χ3v) is 5.77. The molecule has 1 aromatic carbocycles. The van der Waals surface area contributed by atoms with Crippen LogP contribution in [0, 0.1) is 0 Å². The van der Waals surface area contributed by atoms with Crippen LogP contribution in [0.1, 0.15) is 108 Å². The predicted octanol–water partition coefficient (Wildman–Crippen LogP) is 8.13. The van der Waals surface area contributed by atoms with Crippen molar-refractivity contribution < 1.29 is 9.78 Å². The molecule has 0 aromatic heterocycles. The fourth-order valence-corrected chi connectivity index (χ4v) is 4.02. The monoisotopic (exact) mass is 386 g/mol. The first-order valence-electron chi connectivity index (χ1n) is 12.0. The number of hydrogen-bond donors (Lipinski definition) is 0. The first-order valence-corrected chi connectivity index (χ1v) is 12.0. The third kappa shape index (κ3) is 9.78. The molecule has 0 unspecified atom stereocenters. The van der Waals surface area contributed by atoms with Gasteiger partial charge in [-0.15, -0.1) is 0 Å². The van der Waals surface area contributed by atoms with Crippen molar-refractivity contribution in [1.82, 2.24) is 0 Å². The summed E-state index contributed by atoms with van der Waals surface area (Å²) in [5, 5.41) is 0. The first-order chi connectivity index (χ1) is 13.9. The minimum Gasteiger partial charge on any atom is -0.337 e. The van der Waals surface area contributed by atoms with Gasteiger partial charge in [-0.05, 0) is 50.2 Å². The molecule has 28 heavy (non-hydrogen) atoms. The quantitative estimate of drug-likeness (QED) is 0.162. The second kappa shape index (κ2) is 15.6. The zero-order valence-electron chi connectivity index (χ0n) is 18.2. The van der Waals surface area contributed by atoms with Crippen molar-refractivity contribution in [2.45, 2.75) is 110 Å². The molecule has 0 aliphatic carbocycles. The fraction of sp³-hybridized carbons (Fsp3) is 0.692. The highest BCUT2D eigenvalue weighted by Crippen LogP contribution is 2.27. The highest BCUT2D eigenvalue weighted by atomic mass is 17.2. The second-order valence-electron chi connectivity index (χ2n) is 8.24. The first kappa shape index (κ1) is 23.0. The van der Waals surface area contributed by atoms with Crippen molar-refractivity contribution in [3.8, 4) is 5.75 Å². The van der Waals surface area contributed by atoms with Crippen LogP contribution in [0.2, 0.25) is 0 Å². The molecule has 0 bridgehead atoms. The Balaban J connectivity index is 1.39. The minimum atomic E-state index is 0.678. The summed E-state index contributed by atoms with van der Waals surface area (Å²) in [7, 11) is 0. The number of rotatable bonds is 16. The molecule has 1 aliphatic rings. The Kier molecular flexibility index (Phi) is 12.8. The number of unbranched alkanes of at least 4 members (excludes halogenated alkanes) is 12. The van der Waals surface area contributed by atoms with E-state index in [0.717, 1.165) is 12.2 Å². The second-order valence-corrected chi connectivity index (χ2v) is 8.24. The Labute approximate surface area is 173 Å². The topological polar surface area (TPSA) is 18.5 Å². The average molecular weight is 387 g/mol. The largest absolute Gasteiger partial charge is 0.337 e. The Morgan fingerprint density at radius 1 is 0.786 bits per heavy atom. The lowest BCUT2D eigenvalue weighted by Gasteiger charge is -2.18. The summed E-state index contributed by atoms with van der Waals surface area (Å²) < 4.78 is 0. The third-order valence-electron chi connectivity index (χ3n) is 5.77. The SMILES string of the molecule is CCCCCCCCC=CCCCCCCCCc1cccc2c1CCOO2. The van der Waals surface area contributed by atoms with Gasteiger partial charge in [-0.3, -0.25) is 0 Å². The summed E-state index contributed by atoms with van der Waals surface area (Å²) in [5.74, 6) is 0.924. The standard InChI is InChI=1S/C26H42O2/c1-2-3-4-5-6-7-8-9-10-11-12-13-14-15-16-17-19-24-20-18-21-26-25(24)22-23-27-28-26/h9-10,18,20-21H,2-8,11-17,19,22-23H2,1H3. The van der Waals surface area contributed by atoms with Crippen molar-refractivity contribution in [2.75, 3.05) is 6.61 Å². The van der Waals surface area contributed by atoms with Crippen LogP contribution in [0.5, 0.6) is 5.75 Å². The van der Waals surface area contributed by atoms with Gasteiger partial charge in [0.25, 0.3) is 0 Å². The maximum Gasteiger partial charge on any atom is 0.168 e. The summed E-state index contributed by atoms with van der Waals surface area (Å²) in [6, 6.07) is 6.36. The van der Waals surface area contributed by atoms with Gasteiger partial charge in [0.2, 0.25) is 0 Å². The lowest BCUT2D eigenvalue weighted by atomic mass is 9.97. The van der Waals surface area contributed by atoms with E-state index >= 15 is 0 Å². The lowest BCUT2D eigenvalue weighted by Crippen LogP contribution is -2.12. The van der Waals surface area contributed by atoms with Crippen molar-refractivity contribution in [2.24, 2.45) is 0 Å². The molecule has 1 aromatic rings. The molecule has 158 valence electrons. The smallest absolute Gasteiger partial charge is 0.168 e. The molecule has 2 rings (SSSR count). The maximum absolute atomic E-state index is 5.29. The summed E-state index contributed by atoms with van der Waals surface area (Å²) in [6.45, 7) is 2.96. The lowest BCUT2D eigenvalue weighted by molar-refractivity contribution is -0.215. The van der Waals surface area contributed by atoms with Gasteiger partial charge < -0.3 is 4.89 Å². The van der Waals surface area contributed by atoms with Gasteiger partial charge in [0, 0.05) is 12.0 Å². The molecule has 2 heteroatoms. The van der Waals surface area contributed by atoms with Crippen molar-refractivity contribution in [1.29, 1.82) is 0 Å². The molecule has 0 radical (unpaired) electrons. The van der Waals surface area contributed by atoms with Crippen LogP contribution in [-0.2, 0) is 17.7 Å². The van der Waals surface area contributed by atoms with Gasteiger partial charge in [0.1, 0.15) is 0 Å². The number of allylic oxidation sites excluding steroid dienone is 2. The highest BCUT2D eigenvalue weighted by molar-refractivity contribution is 5.41. The average Bonchev–Trinajstić information content (AvgIpc) is 2.73. The van der Waals surface area contributed by atoms with Crippen LogP contribution in [0.3, 0.4) is 0 Å². The van der Waals surface area contributed by atoms with Crippen LogP contribution in [0.25, 0.3) is 0 Å². The van der Waals surface area contributed by atoms with E-state index in [1.165, 1.54) is 107 Å². The molecule has 1 aliphatic heterocycles. The van der Waals surface area contributed by atoms with Gasteiger partial charge >= 0.3 is 0 Å². The molecule has 0 saturated heterocycles. The van der Waals surface area contributed by atoms with Crippen molar-refractivity contribution in [3.63, 3.8) is 0 Å². The summed E-state index contributed by atoms with van der Waals surface area (Å²) >= 11 is 0. The molecule has 0 spiro atoms. The molecule has 0 N–H and O–H groups in total. The number of fused-ring (bicyclic) bond motifs is 1. The van der Waals surface area contributed by atoms with E-state index in [1.54, 1.807) is 0 Å². The molecular weight excluding hydrogens is 344 g/mol. The summed E-state index contributed by atoms with van der Waals surface area (Å²) in [5.41, 5.74) is 2.82. The highest BCUT2D eigenvalue weighted by Gasteiger charge is 2.14. The van der Waals surface area contributed by atoms with Crippen LogP contribution < -0.4 is 4.89 Å². The molecular formula is C26H42O2. The number of benzene rings is 1. The van der Waals surface area contributed by atoms with E-state index in [9.17, 15) is 0 Å². The maximum atomic E-state index is 5.29. The Bertz CT molecular complexity index is 535. The van der Waals surface area contributed by atoms with E-state index in [1.807, 2.05) is 6.07 Å². The summed E-state index contributed by atoms with van der Waals surface area (Å²) in [4.78, 5) is 10.4. The summed E-state index contributed by atoms with van der Waals surface area (Å²) in [6.07, 6.45) is 26.1. The van der Waals surface area contributed by atoms with E-state index in [-0.39, 0.29) is 0 Å². The zero-order valence-corrected chi connectivity index (χ0v) is 18.2. The van der Waals surface area contributed by atoms with Crippen molar-refractivity contribution in [3.05, 3.63) is 41.5 Å². The van der Waals surface area contributed by atoms with Crippen LogP contribution in [-0.4, -0.2) is 6.61 Å². The van der Waals surface area contributed by atoms with Gasteiger partial charge in [-0.25, -0.2) is 0 Å². The molecule has 0 atom stereocenters. The molecule has 0 fully saturated rings. The van der Waals surface area contributed by atoms with Gasteiger partial charge in [0.05, 0.1) is 6.61 Å². The van der Waals surface area contributed by atoms with E-state index in [2.05, 4.69) is 31.2 Å². The van der Waals surface area contributed by atoms with E-state index in [0.29, 0.717) is 6.61 Å². The molecule has 0 saturated carbocycles. The molecule has 2 nitrogen and oxygen atoms in total. The van der Waals surface area contributed by atoms with E-state index in [4.69, 9.17) is 9.78 Å². The van der Waals surface area contributed by atoms with Gasteiger partial charge in [-0.1, -0.05) is 89.0 Å². The predicted molar refractivity (Wildman–Crippen MR) is 120 cm³/mol. The zero-order chi connectivity index (χ0) is 19.7. The number of hydrogen-bond acceptors (Lipinski definition) is 2. The van der Waals surface area contributed by atoms with Crippen molar-refractivity contribution >= 4 is 0 Å².